The molecular formula is C15H17NO3. The van der Waals surface area contributed by atoms with E-state index in [0.29, 0.717) is 23.6 Å². The molecule has 1 heterocycles. The van der Waals surface area contributed by atoms with Crippen LogP contribution in [0.3, 0.4) is 0 Å². The lowest BCUT2D eigenvalue weighted by Crippen LogP contribution is -2.00. The van der Waals surface area contributed by atoms with Crippen molar-refractivity contribution in [3.8, 4) is 11.6 Å². The molecule has 1 aromatic carbocycles. The third kappa shape index (κ3) is 3.30. The number of nitrogens with zero attached hydrogens (tertiary/aromatic N) is 1. The fraction of sp³-hybridized carbons (Fsp3) is 0.267. The van der Waals surface area contributed by atoms with Gasteiger partial charge in [-0.2, -0.15) is 0 Å². The summed E-state index contributed by atoms with van der Waals surface area (Å²) in [6.07, 6.45) is 1.50. The summed E-state index contributed by atoms with van der Waals surface area (Å²) in [5.41, 5.74) is 1.55. The third-order valence-corrected chi connectivity index (χ3v) is 2.81. The van der Waals surface area contributed by atoms with Crippen LogP contribution in [0.25, 0.3) is 0 Å². The summed E-state index contributed by atoms with van der Waals surface area (Å²) in [7, 11) is 0. The van der Waals surface area contributed by atoms with Gasteiger partial charge < -0.3 is 14.9 Å². The van der Waals surface area contributed by atoms with E-state index < -0.39 is 6.10 Å². The highest BCUT2D eigenvalue weighted by molar-refractivity contribution is 5.38. The molecule has 2 rings (SSSR count). The van der Waals surface area contributed by atoms with E-state index >= 15 is 0 Å². The second-order valence-corrected chi connectivity index (χ2v) is 4.26. The maximum absolute atomic E-state index is 9.70. The Morgan fingerprint density at radius 3 is 2.74 bits per heavy atom. The Morgan fingerprint density at radius 2 is 2.00 bits per heavy atom. The summed E-state index contributed by atoms with van der Waals surface area (Å²) in [5, 5.41) is 18.7. The number of para-hydroxylation sites is 1. The number of rotatable bonds is 5. The quantitative estimate of drug-likeness (QED) is 0.865. The van der Waals surface area contributed by atoms with Crippen molar-refractivity contribution in [1.29, 1.82) is 0 Å². The molecule has 0 radical (unpaired) electrons. The largest absolute Gasteiger partial charge is 0.438 e. The Bertz CT molecular complexity index is 540. The number of pyridine rings is 1. The van der Waals surface area contributed by atoms with E-state index in [4.69, 9.17) is 9.84 Å². The van der Waals surface area contributed by atoms with E-state index in [-0.39, 0.29) is 6.61 Å². The summed E-state index contributed by atoms with van der Waals surface area (Å²) < 4.78 is 5.77. The molecule has 1 atom stereocenters. The summed E-state index contributed by atoms with van der Waals surface area (Å²) in [4.78, 5) is 4.15. The number of aromatic nitrogens is 1. The second-order valence-electron chi connectivity index (χ2n) is 4.26. The second kappa shape index (κ2) is 6.31. The number of hydrogen-bond acceptors (Lipinski definition) is 4. The number of benzene rings is 1. The van der Waals surface area contributed by atoms with E-state index in [1.165, 1.54) is 0 Å². The molecule has 0 aliphatic heterocycles. The molecule has 0 bridgehead atoms. The minimum Gasteiger partial charge on any atom is -0.438 e. The van der Waals surface area contributed by atoms with E-state index in [9.17, 15) is 5.11 Å². The van der Waals surface area contributed by atoms with E-state index in [1.807, 2.05) is 24.3 Å². The number of hydrogen-bond donors (Lipinski definition) is 2. The first-order chi connectivity index (χ1) is 9.22. The van der Waals surface area contributed by atoms with Gasteiger partial charge in [0.2, 0.25) is 5.88 Å². The normalized spacial score (nSPS) is 12.2. The zero-order chi connectivity index (χ0) is 13.7. The maximum atomic E-state index is 9.70. The lowest BCUT2D eigenvalue weighted by molar-refractivity contribution is 0.194. The molecule has 2 aromatic rings. The van der Waals surface area contributed by atoms with Crippen molar-refractivity contribution in [2.45, 2.75) is 19.4 Å². The first-order valence-corrected chi connectivity index (χ1v) is 6.22. The minimum atomic E-state index is -0.645. The standard InChI is InChI=1S/C15H17NO3/c1-11(18)13-6-4-9-16-15(13)19-14-7-3-2-5-12(14)8-10-17/h2-7,9,11,17-18H,8,10H2,1H3. The van der Waals surface area contributed by atoms with Crippen molar-refractivity contribution in [2.75, 3.05) is 6.61 Å². The van der Waals surface area contributed by atoms with Crippen LogP contribution in [0.15, 0.2) is 42.6 Å². The molecule has 4 heteroatoms. The Balaban J connectivity index is 2.31. The fourth-order valence-electron chi connectivity index (χ4n) is 1.84. The van der Waals surface area contributed by atoms with Crippen LogP contribution in [0.4, 0.5) is 0 Å². The SMILES string of the molecule is CC(O)c1cccnc1Oc1ccccc1CCO. The van der Waals surface area contributed by atoms with Crippen molar-refractivity contribution in [3.05, 3.63) is 53.7 Å². The number of ether oxygens (including phenoxy) is 1. The average molecular weight is 259 g/mol. The molecule has 0 saturated heterocycles. The molecule has 4 nitrogen and oxygen atoms in total. The molecule has 1 unspecified atom stereocenters. The highest BCUT2D eigenvalue weighted by Crippen LogP contribution is 2.29. The van der Waals surface area contributed by atoms with Gasteiger partial charge in [0.05, 0.1) is 6.10 Å². The Hall–Kier alpha value is -1.91. The van der Waals surface area contributed by atoms with Gasteiger partial charge in [0, 0.05) is 18.4 Å². The van der Waals surface area contributed by atoms with E-state index in [1.54, 1.807) is 25.3 Å². The molecule has 19 heavy (non-hydrogen) atoms. The molecule has 0 fully saturated rings. The molecule has 0 saturated carbocycles. The molecule has 1 aromatic heterocycles. The van der Waals surface area contributed by atoms with Crippen LogP contribution < -0.4 is 4.74 Å². The zero-order valence-corrected chi connectivity index (χ0v) is 10.8. The topological polar surface area (TPSA) is 62.6 Å². The summed E-state index contributed by atoms with van der Waals surface area (Å²) in [6, 6.07) is 11.0. The molecule has 2 N–H and O–H groups in total. The number of aliphatic hydroxyl groups is 2. The van der Waals surface area contributed by atoms with Gasteiger partial charge in [0.1, 0.15) is 5.75 Å². The molecular weight excluding hydrogens is 242 g/mol. The molecule has 0 spiro atoms. The van der Waals surface area contributed by atoms with Crippen LogP contribution >= 0.6 is 0 Å². The maximum Gasteiger partial charge on any atom is 0.225 e. The van der Waals surface area contributed by atoms with Crippen LogP contribution in [0.5, 0.6) is 11.6 Å². The first kappa shape index (κ1) is 13.5. The van der Waals surface area contributed by atoms with Crippen molar-refractivity contribution < 1.29 is 14.9 Å². The monoisotopic (exact) mass is 259 g/mol. The van der Waals surface area contributed by atoms with Gasteiger partial charge in [-0.3, -0.25) is 0 Å². The summed E-state index contributed by atoms with van der Waals surface area (Å²) in [5.74, 6) is 1.04. The van der Waals surface area contributed by atoms with Gasteiger partial charge in [0.15, 0.2) is 0 Å². The van der Waals surface area contributed by atoms with Crippen molar-refractivity contribution >= 4 is 0 Å². The van der Waals surface area contributed by atoms with Crippen molar-refractivity contribution in [2.24, 2.45) is 0 Å². The van der Waals surface area contributed by atoms with Crippen LogP contribution in [0.2, 0.25) is 0 Å². The van der Waals surface area contributed by atoms with Crippen molar-refractivity contribution in [1.82, 2.24) is 4.98 Å². The predicted octanol–water partition coefficient (Wildman–Crippen LogP) is 2.46. The van der Waals surface area contributed by atoms with Gasteiger partial charge in [-0.15, -0.1) is 0 Å². The van der Waals surface area contributed by atoms with E-state index in [2.05, 4.69) is 4.98 Å². The molecule has 0 aliphatic carbocycles. The summed E-state index contributed by atoms with van der Waals surface area (Å²) >= 11 is 0. The summed E-state index contributed by atoms with van der Waals surface area (Å²) in [6.45, 7) is 1.73. The Kier molecular flexibility index (Phi) is 4.49. The smallest absolute Gasteiger partial charge is 0.225 e. The number of aliphatic hydroxyl groups excluding tert-OH is 2. The van der Waals surface area contributed by atoms with Gasteiger partial charge in [0.25, 0.3) is 0 Å². The van der Waals surface area contributed by atoms with Crippen LogP contribution in [-0.2, 0) is 6.42 Å². The third-order valence-electron chi connectivity index (χ3n) is 2.81. The lowest BCUT2D eigenvalue weighted by atomic mass is 10.1. The minimum absolute atomic E-state index is 0.0614. The van der Waals surface area contributed by atoms with Gasteiger partial charge in [-0.25, -0.2) is 4.98 Å². The fourth-order valence-corrected chi connectivity index (χ4v) is 1.84. The lowest BCUT2D eigenvalue weighted by Gasteiger charge is -2.13. The molecule has 0 aliphatic rings. The Morgan fingerprint density at radius 1 is 1.21 bits per heavy atom. The van der Waals surface area contributed by atoms with E-state index in [0.717, 1.165) is 5.56 Å². The highest BCUT2D eigenvalue weighted by atomic mass is 16.5. The predicted molar refractivity (Wildman–Crippen MR) is 72.2 cm³/mol. The zero-order valence-electron chi connectivity index (χ0n) is 10.8. The molecule has 0 amide bonds. The van der Waals surface area contributed by atoms with Gasteiger partial charge >= 0.3 is 0 Å². The average Bonchev–Trinajstić information content (AvgIpc) is 2.42. The van der Waals surface area contributed by atoms with Gasteiger partial charge in [-0.1, -0.05) is 18.2 Å². The molecule has 100 valence electrons. The first-order valence-electron chi connectivity index (χ1n) is 6.22. The van der Waals surface area contributed by atoms with Crippen molar-refractivity contribution in [3.63, 3.8) is 0 Å². The Labute approximate surface area is 112 Å². The van der Waals surface area contributed by atoms with Crippen LogP contribution in [-0.4, -0.2) is 21.8 Å². The highest BCUT2D eigenvalue weighted by Gasteiger charge is 2.12. The van der Waals surface area contributed by atoms with Gasteiger partial charge in [-0.05, 0) is 37.1 Å². The van der Waals surface area contributed by atoms with Crippen LogP contribution in [0.1, 0.15) is 24.2 Å². The van der Waals surface area contributed by atoms with Crippen LogP contribution in [0, 0.1) is 0 Å².